The van der Waals surface area contributed by atoms with E-state index >= 15 is 0 Å². The van der Waals surface area contributed by atoms with E-state index in [1.807, 2.05) is 0 Å². The van der Waals surface area contributed by atoms with Gasteiger partial charge in [-0.25, -0.2) is 0 Å². The smallest absolute Gasteiger partial charge is 0.316 e. The van der Waals surface area contributed by atoms with E-state index in [1.165, 1.54) is 29.0 Å². The Labute approximate surface area is 160 Å². The summed E-state index contributed by atoms with van der Waals surface area (Å²) in [6.45, 7) is 4.52. The summed E-state index contributed by atoms with van der Waals surface area (Å²) in [5.74, 6) is -0.340. The zero-order valence-corrected chi connectivity index (χ0v) is 16.3. The maximum Gasteiger partial charge on any atom is 0.316 e. The number of ether oxygens (including phenoxy) is 1. The molecule has 1 aliphatic carbocycles. The SMILES string of the molecule is CCOC(=O)C(C[C@H]1CC2c3cccc4[nH]cc(c34)C[C@H]2N(C)C1)C(C)=O. The highest BCUT2D eigenvalue weighted by molar-refractivity contribution is 5.97. The molecule has 1 aliphatic heterocycles. The lowest BCUT2D eigenvalue weighted by molar-refractivity contribution is -0.152. The Hall–Kier alpha value is -2.14. The summed E-state index contributed by atoms with van der Waals surface area (Å²) in [6.07, 6.45) is 4.80. The molecule has 2 aliphatic rings. The lowest BCUT2D eigenvalue weighted by atomic mass is 9.71. The van der Waals surface area contributed by atoms with Crippen molar-refractivity contribution in [2.45, 2.75) is 45.1 Å². The Morgan fingerprint density at radius 2 is 2.19 bits per heavy atom. The minimum Gasteiger partial charge on any atom is -0.465 e. The van der Waals surface area contributed by atoms with Crippen molar-refractivity contribution >= 4 is 22.7 Å². The molecule has 0 saturated carbocycles. The number of benzene rings is 1. The fraction of sp³-hybridized carbons (Fsp3) is 0.545. The van der Waals surface area contributed by atoms with Crippen molar-refractivity contribution in [1.82, 2.24) is 9.88 Å². The third-order valence-corrected chi connectivity index (χ3v) is 6.44. The average Bonchev–Trinajstić information content (AvgIpc) is 3.05. The Kier molecular flexibility index (Phi) is 4.81. The van der Waals surface area contributed by atoms with Crippen molar-refractivity contribution in [1.29, 1.82) is 0 Å². The maximum atomic E-state index is 12.2. The predicted molar refractivity (Wildman–Crippen MR) is 105 cm³/mol. The Morgan fingerprint density at radius 3 is 2.93 bits per heavy atom. The lowest BCUT2D eigenvalue weighted by Gasteiger charge is -2.46. The van der Waals surface area contributed by atoms with E-state index in [9.17, 15) is 9.59 Å². The number of carbonyl (C=O) groups excluding carboxylic acids is 2. The van der Waals surface area contributed by atoms with Crippen LogP contribution in [0.2, 0.25) is 0 Å². The number of fused-ring (bicyclic) bond motifs is 2. The molecule has 27 heavy (non-hydrogen) atoms. The summed E-state index contributed by atoms with van der Waals surface area (Å²) in [4.78, 5) is 30.1. The normalized spacial score (nSPS) is 25.8. The predicted octanol–water partition coefficient (Wildman–Crippen LogP) is 3.29. The summed E-state index contributed by atoms with van der Waals surface area (Å²) in [5.41, 5.74) is 4.02. The number of esters is 1. The molecular formula is C22H28N2O3. The van der Waals surface area contributed by atoms with Crippen LogP contribution in [-0.4, -0.2) is 47.9 Å². The minimum absolute atomic E-state index is 0.0862. The molecule has 144 valence electrons. The highest BCUT2D eigenvalue weighted by Crippen LogP contribution is 2.45. The second-order valence-electron chi connectivity index (χ2n) is 8.15. The molecule has 4 atom stereocenters. The first-order chi connectivity index (χ1) is 13.0. The standard InChI is InChI=1S/C22H28N2O3/c1-4-27-22(26)17(13(2)25)8-14-9-18-16-6-5-7-19-21(16)15(11-23-19)10-20(18)24(3)12-14/h5-7,11,14,17-18,20,23H,4,8-10,12H2,1-3H3/t14-,17?,18?,20+/m0/s1. The summed E-state index contributed by atoms with van der Waals surface area (Å²) in [6, 6.07) is 6.99. The van der Waals surface area contributed by atoms with Gasteiger partial charge in [0.2, 0.25) is 0 Å². The summed E-state index contributed by atoms with van der Waals surface area (Å²) in [7, 11) is 2.18. The zero-order chi connectivity index (χ0) is 19.1. The van der Waals surface area contributed by atoms with Crippen LogP contribution in [0, 0.1) is 11.8 Å². The van der Waals surface area contributed by atoms with Gasteiger partial charge in [0, 0.05) is 35.6 Å². The van der Waals surface area contributed by atoms with Crippen LogP contribution in [0.5, 0.6) is 0 Å². The van der Waals surface area contributed by atoms with Crippen LogP contribution in [0.15, 0.2) is 24.4 Å². The number of nitrogens with one attached hydrogen (secondary N) is 1. The Bertz CT molecular complexity index is 872. The first kappa shape index (κ1) is 18.2. The fourth-order valence-electron chi connectivity index (χ4n) is 5.23. The number of nitrogens with zero attached hydrogens (tertiary/aromatic N) is 1. The molecular weight excluding hydrogens is 340 g/mol. The van der Waals surface area contributed by atoms with Gasteiger partial charge in [-0.3, -0.25) is 9.59 Å². The van der Waals surface area contributed by atoms with Gasteiger partial charge in [0.05, 0.1) is 6.61 Å². The molecule has 1 aromatic carbocycles. The van der Waals surface area contributed by atoms with Crippen molar-refractivity contribution in [3.8, 4) is 0 Å². The second-order valence-corrected chi connectivity index (χ2v) is 8.15. The number of hydrogen-bond donors (Lipinski definition) is 1. The Balaban J connectivity index is 1.60. The highest BCUT2D eigenvalue weighted by atomic mass is 16.5. The number of rotatable bonds is 5. The first-order valence-corrected chi connectivity index (χ1v) is 9.95. The molecule has 5 nitrogen and oxygen atoms in total. The zero-order valence-electron chi connectivity index (χ0n) is 16.3. The lowest BCUT2D eigenvalue weighted by Crippen LogP contribution is -2.48. The molecule has 2 unspecified atom stereocenters. The largest absolute Gasteiger partial charge is 0.465 e. The van der Waals surface area contributed by atoms with Gasteiger partial charge in [-0.1, -0.05) is 12.1 Å². The van der Waals surface area contributed by atoms with E-state index in [4.69, 9.17) is 4.74 Å². The van der Waals surface area contributed by atoms with Crippen LogP contribution >= 0.6 is 0 Å². The molecule has 1 fully saturated rings. The third kappa shape index (κ3) is 3.18. The number of likely N-dealkylation sites (tertiary alicyclic amines) is 1. The molecule has 1 aromatic heterocycles. The number of Topliss-reactive ketones (excluding diaryl/α,β-unsaturated/α-hetero) is 1. The van der Waals surface area contributed by atoms with E-state index in [0.717, 1.165) is 19.4 Å². The monoisotopic (exact) mass is 368 g/mol. The van der Waals surface area contributed by atoms with E-state index < -0.39 is 5.92 Å². The molecule has 0 spiro atoms. The van der Waals surface area contributed by atoms with Gasteiger partial charge in [0.1, 0.15) is 11.7 Å². The highest BCUT2D eigenvalue weighted by Gasteiger charge is 2.41. The van der Waals surface area contributed by atoms with Crippen LogP contribution in [0.3, 0.4) is 0 Å². The number of likely N-dealkylation sites (N-methyl/N-ethyl adjacent to an activating group) is 1. The molecule has 1 N–H and O–H groups in total. The molecule has 2 aromatic rings. The van der Waals surface area contributed by atoms with E-state index in [2.05, 4.69) is 41.3 Å². The number of aromatic amines is 1. The molecule has 4 rings (SSSR count). The van der Waals surface area contributed by atoms with Crippen LogP contribution in [0.4, 0.5) is 0 Å². The van der Waals surface area contributed by atoms with Crippen LogP contribution in [0.1, 0.15) is 43.7 Å². The van der Waals surface area contributed by atoms with Gasteiger partial charge in [-0.05, 0) is 63.3 Å². The van der Waals surface area contributed by atoms with Crippen LogP contribution in [-0.2, 0) is 20.7 Å². The van der Waals surface area contributed by atoms with Gasteiger partial charge >= 0.3 is 5.97 Å². The molecule has 0 amide bonds. The Morgan fingerprint density at radius 1 is 1.37 bits per heavy atom. The second kappa shape index (κ2) is 7.12. The van der Waals surface area contributed by atoms with Gasteiger partial charge < -0.3 is 14.6 Å². The van der Waals surface area contributed by atoms with E-state index in [-0.39, 0.29) is 11.8 Å². The number of carbonyl (C=O) groups is 2. The number of hydrogen-bond acceptors (Lipinski definition) is 4. The fourth-order valence-corrected chi connectivity index (χ4v) is 5.23. The van der Waals surface area contributed by atoms with E-state index in [0.29, 0.717) is 30.9 Å². The van der Waals surface area contributed by atoms with Gasteiger partial charge in [-0.2, -0.15) is 0 Å². The molecule has 0 radical (unpaired) electrons. The van der Waals surface area contributed by atoms with Crippen molar-refractivity contribution in [2.24, 2.45) is 11.8 Å². The summed E-state index contributed by atoms with van der Waals surface area (Å²) in [5, 5.41) is 1.38. The van der Waals surface area contributed by atoms with Crippen molar-refractivity contribution in [2.75, 3.05) is 20.2 Å². The summed E-state index contributed by atoms with van der Waals surface area (Å²) < 4.78 is 5.15. The van der Waals surface area contributed by atoms with Crippen molar-refractivity contribution < 1.29 is 14.3 Å². The maximum absolute atomic E-state index is 12.2. The average molecular weight is 368 g/mol. The molecule has 5 heteroatoms. The number of piperidine rings is 1. The molecule has 0 bridgehead atoms. The quantitative estimate of drug-likeness (QED) is 0.650. The number of ketones is 1. The van der Waals surface area contributed by atoms with Crippen LogP contribution in [0.25, 0.3) is 10.9 Å². The van der Waals surface area contributed by atoms with Gasteiger partial charge in [-0.15, -0.1) is 0 Å². The minimum atomic E-state index is -0.637. The number of H-pyrrole nitrogens is 1. The topological polar surface area (TPSA) is 62.4 Å². The van der Waals surface area contributed by atoms with Crippen molar-refractivity contribution in [3.63, 3.8) is 0 Å². The van der Waals surface area contributed by atoms with E-state index in [1.54, 1.807) is 6.92 Å². The summed E-state index contributed by atoms with van der Waals surface area (Å²) >= 11 is 0. The van der Waals surface area contributed by atoms with Crippen LogP contribution < -0.4 is 0 Å². The van der Waals surface area contributed by atoms with Gasteiger partial charge in [0.25, 0.3) is 0 Å². The molecule has 1 saturated heterocycles. The third-order valence-electron chi connectivity index (χ3n) is 6.44. The first-order valence-electron chi connectivity index (χ1n) is 9.95. The molecule has 2 heterocycles. The number of aromatic nitrogens is 1. The van der Waals surface area contributed by atoms with Gasteiger partial charge in [0.15, 0.2) is 0 Å². The van der Waals surface area contributed by atoms with Crippen molar-refractivity contribution in [3.05, 3.63) is 35.5 Å².